The second-order valence-corrected chi connectivity index (χ2v) is 7.46. The van der Waals surface area contributed by atoms with Gasteiger partial charge in [0.1, 0.15) is 0 Å². The van der Waals surface area contributed by atoms with Crippen molar-refractivity contribution in [2.45, 2.75) is 19.8 Å². The number of aromatic nitrogens is 1. The van der Waals surface area contributed by atoms with Gasteiger partial charge in [-0.15, -0.1) is 11.3 Å². The molecule has 3 rings (SSSR count). The van der Waals surface area contributed by atoms with Crippen molar-refractivity contribution in [3.63, 3.8) is 0 Å². The van der Waals surface area contributed by atoms with E-state index in [0.717, 1.165) is 30.8 Å². The molecule has 0 bridgehead atoms. The minimum atomic E-state index is -0.134. The van der Waals surface area contributed by atoms with E-state index in [4.69, 9.17) is 0 Å². The summed E-state index contributed by atoms with van der Waals surface area (Å²) >= 11 is 1.34. The molecule has 27 heavy (non-hydrogen) atoms. The van der Waals surface area contributed by atoms with Gasteiger partial charge in [0.25, 0.3) is 0 Å². The number of piperazine rings is 1. The number of amides is 3. The zero-order valence-electron chi connectivity index (χ0n) is 15.7. The molecule has 1 aliphatic heterocycles. The second kappa shape index (κ2) is 8.96. The van der Waals surface area contributed by atoms with Crippen molar-refractivity contribution in [1.29, 1.82) is 0 Å². The Balaban J connectivity index is 1.53. The third-order valence-electron chi connectivity index (χ3n) is 4.57. The molecule has 1 saturated heterocycles. The number of carbonyl (C=O) groups excluding carboxylic acids is 2. The highest BCUT2D eigenvalue weighted by atomic mass is 32.1. The number of urea groups is 1. The molecule has 0 radical (unpaired) electrons. The van der Waals surface area contributed by atoms with Gasteiger partial charge in [-0.2, -0.15) is 0 Å². The lowest BCUT2D eigenvalue weighted by atomic mass is 10.1. The summed E-state index contributed by atoms with van der Waals surface area (Å²) in [5.41, 5.74) is 2.59. The molecule has 1 aromatic carbocycles. The number of para-hydroxylation sites is 1. The van der Waals surface area contributed by atoms with Gasteiger partial charge in [-0.3, -0.25) is 10.1 Å². The predicted octanol–water partition coefficient (Wildman–Crippen LogP) is 2.67. The fraction of sp³-hybridized carbons (Fsp3) is 0.421. The Bertz CT molecular complexity index is 799. The number of carbonyl (C=O) groups is 2. The number of likely N-dealkylation sites (N-methyl/N-ethyl adjacent to an activating group) is 1. The van der Waals surface area contributed by atoms with Crippen LogP contribution < -0.4 is 10.6 Å². The van der Waals surface area contributed by atoms with Crippen LogP contribution in [0.1, 0.15) is 18.2 Å². The van der Waals surface area contributed by atoms with E-state index in [2.05, 4.69) is 27.4 Å². The van der Waals surface area contributed by atoms with Crippen LogP contribution in [0.5, 0.6) is 0 Å². The van der Waals surface area contributed by atoms with E-state index in [9.17, 15) is 9.59 Å². The number of anilines is 2. The van der Waals surface area contributed by atoms with Gasteiger partial charge in [0.05, 0.1) is 12.1 Å². The zero-order valence-corrected chi connectivity index (χ0v) is 16.5. The van der Waals surface area contributed by atoms with Gasteiger partial charge in [-0.25, -0.2) is 9.78 Å². The summed E-state index contributed by atoms with van der Waals surface area (Å²) in [4.78, 5) is 33.0. The highest BCUT2D eigenvalue weighted by molar-refractivity contribution is 7.13. The lowest BCUT2D eigenvalue weighted by Crippen LogP contribution is -2.48. The van der Waals surface area contributed by atoms with Gasteiger partial charge < -0.3 is 15.1 Å². The standard InChI is InChI=1S/C19H25N5O2S/c1-3-14-6-4-5-7-16(14)21-17(25)12-15-13-27-18(20-15)22-19(26)24-10-8-23(2)9-11-24/h4-7,13H,3,8-12H2,1-2H3,(H,21,25)(H,20,22,26). The van der Waals surface area contributed by atoms with Crippen LogP contribution in [-0.2, 0) is 17.6 Å². The number of benzene rings is 1. The molecule has 2 aromatic rings. The Morgan fingerprint density at radius 2 is 1.89 bits per heavy atom. The Morgan fingerprint density at radius 3 is 2.63 bits per heavy atom. The van der Waals surface area contributed by atoms with Crippen LogP contribution >= 0.6 is 11.3 Å². The van der Waals surface area contributed by atoms with Crippen LogP contribution in [-0.4, -0.2) is 59.9 Å². The van der Waals surface area contributed by atoms with E-state index in [1.54, 1.807) is 4.90 Å². The van der Waals surface area contributed by atoms with Crippen molar-refractivity contribution in [3.8, 4) is 0 Å². The first-order chi connectivity index (χ1) is 13.0. The number of hydrogen-bond acceptors (Lipinski definition) is 5. The quantitative estimate of drug-likeness (QED) is 0.827. The number of thiazole rings is 1. The third kappa shape index (κ3) is 5.27. The molecule has 1 fully saturated rings. The second-order valence-electron chi connectivity index (χ2n) is 6.60. The first kappa shape index (κ1) is 19.3. The zero-order chi connectivity index (χ0) is 19.2. The molecule has 1 aromatic heterocycles. The molecule has 8 heteroatoms. The van der Waals surface area contributed by atoms with Crippen LogP contribution in [0.25, 0.3) is 0 Å². The maximum atomic E-state index is 12.3. The molecule has 0 unspecified atom stereocenters. The van der Waals surface area contributed by atoms with Crippen molar-refractivity contribution in [2.75, 3.05) is 43.9 Å². The molecule has 144 valence electrons. The SMILES string of the molecule is CCc1ccccc1NC(=O)Cc1csc(NC(=O)N2CCN(C)CC2)n1. The fourth-order valence-electron chi connectivity index (χ4n) is 2.94. The minimum Gasteiger partial charge on any atom is -0.325 e. The summed E-state index contributed by atoms with van der Waals surface area (Å²) in [6.45, 7) is 5.21. The lowest BCUT2D eigenvalue weighted by molar-refractivity contribution is -0.115. The smallest absolute Gasteiger partial charge is 0.323 e. The molecule has 0 atom stereocenters. The van der Waals surface area contributed by atoms with Gasteiger partial charge in [0.15, 0.2) is 5.13 Å². The minimum absolute atomic E-state index is 0.113. The van der Waals surface area contributed by atoms with Crippen LogP contribution in [0.2, 0.25) is 0 Å². The van der Waals surface area contributed by atoms with Crippen molar-refractivity contribution >= 4 is 34.1 Å². The Labute approximate surface area is 163 Å². The van der Waals surface area contributed by atoms with Gasteiger partial charge in [-0.1, -0.05) is 25.1 Å². The molecule has 1 aliphatic rings. The van der Waals surface area contributed by atoms with E-state index in [1.165, 1.54) is 11.3 Å². The van der Waals surface area contributed by atoms with Gasteiger partial charge in [0.2, 0.25) is 5.91 Å². The van der Waals surface area contributed by atoms with Crippen molar-refractivity contribution in [2.24, 2.45) is 0 Å². The molecular formula is C19H25N5O2S. The molecule has 0 spiro atoms. The molecule has 0 aliphatic carbocycles. The molecule has 2 N–H and O–H groups in total. The molecule has 2 heterocycles. The average Bonchev–Trinajstić information content (AvgIpc) is 3.09. The van der Waals surface area contributed by atoms with E-state index < -0.39 is 0 Å². The van der Waals surface area contributed by atoms with Crippen LogP contribution in [0.3, 0.4) is 0 Å². The van der Waals surface area contributed by atoms with Crippen LogP contribution in [0, 0.1) is 0 Å². The number of hydrogen-bond donors (Lipinski definition) is 2. The molecular weight excluding hydrogens is 362 g/mol. The maximum Gasteiger partial charge on any atom is 0.323 e. The molecule has 7 nitrogen and oxygen atoms in total. The molecule has 0 saturated carbocycles. The molecule has 3 amide bonds. The van der Waals surface area contributed by atoms with E-state index in [-0.39, 0.29) is 18.4 Å². The van der Waals surface area contributed by atoms with Crippen LogP contribution in [0.4, 0.5) is 15.6 Å². The number of rotatable bonds is 5. The highest BCUT2D eigenvalue weighted by Gasteiger charge is 2.20. The topological polar surface area (TPSA) is 77.6 Å². The Morgan fingerprint density at radius 1 is 1.15 bits per heavy atom. The summed E-state index contributed by atoms with van der Waals surface area (Å²) in [6.07, 6.45) is 1.04. The van der Waals surface area contributed by atoms with Gasteiger partial charge in [0, 0.05) is 37.2 Å². The largest absolute Gasteiger partial charge is 0.325 e. The summed E-state index contributed by atoms with van der Waals surface area (Å²) in [5.74, 6) is -0.113. The van der Waals surface area contributed by atoms with Crippen LogP contribution in [0.15, 0.2) is 29.6 Å². The highest BCUT2D eigenvalue weighted by Crippen LogP contribution is 2.19. The van der Waals surface area contributed by atoms with Gasteiger partial charge in [-0.05, 0) is 25.1 Å². The summed E-state index contributed by atoms with van der Waals surface area (Å²) in [5, 5.41) is 8.11. The van der Waals surface area contributed by atoms with E-state index in [0.29, 0.717) is 23.9 Å². The Hall–Kier alpha value is -2.45. The number of aryl methyl sites for hydroxylation is 1. The fourth-order valence-corrected chi connectivity index (χ4v) is 3.64. The number of nitrogens with one attached hydrogen (secondary N) is 2. The summed E-state index contributed by atoms with van der Waals surface area (Å²) < 4.78 is 0. The first-order valence-corrected chi connectivity index (χ1v) is 9.99. The monoisotopic (exact) mass is 387 g/mol. The normalized spacial score (nSPS) is 14.8. The summed E-state index contributed by atoms with van der Waals surface area (Å²) in [6, 6.07) is 7.64. The van der Waals surface area contributed by atoms with E-state index >= 15 is 0 Å². The first-order valence-electron chi connectivity index (χ1n) is 9.11. The summed E-state index contributed by atoms with van der Waals surface area (Å²) in [7, 11) is 2.05. The van der Waals surface area contributed by atoms with Crippen molar-refractivity contribution in [1.82, 2.24) is 14.8 Å². The van der Waals surface area contributed by atoms with Crippen molar-refractivity contribution < 1.29 is 9.59 Å². The predicted molar refractivity (Wildman–Crippen MR) is 108 cm³/mol. The average molecular weight is 388 g/mol. The van der Waals surface area contributed by atoms with Gasteiger partial charge >= 0.3 is 6.03 Å². The van der Waals surface area contributed by atoms with E-state index in [1.807, 2.05) is 36.7 Å². The maximum absolute atomic E-state index is 12.3. The number of nitrogens with zero attached hydrogens (tertiary/aromatic N) is 3. The lowest BCUT2D eigenvalue weighted by Gasteiger charge is -2.32. The third-order valence-corrected chi connectivity index (χ3v) is 5.38. The van der Waals surface area contributed by atoms with Crippen molar-refractivity contribution in [3.05, 3.63) is 40.9 Å². The Kier molecular flexibility index (Phi) is 6.41.